The van der Waals surface area contributed by atoms with E-state index in [-0.39, 0.29) is 0 Å². The summed E-state index contributed by atoms with van der Waals surface area (Å²) >= 11 is 0. The van der Waals surface area contributed by atoms with Gasteiger partial charge < -0.3 is 10.1 Å². The maximum atomic E-state index is 5.10. The molecule has 78 valence electrons. The number of hydrogen-bond donors (Lipinski definition) is 1. The van der Waals surface area contributed by atoms with E-state index in [2.05, 4.69) is 24.1 Å². The Kier molecular flexibility index (Phi) is 4.70. The zero-order valence-electron chi connectivity index (χ0n) is 9.05. The molecule has 0 amide bonds. The Bertz CT molecular complexity index is 141. The molecule has 1 aliphatic heterocycles. The molecular weight excluding hydrogens is 164 g/mol. The fraction of sp³-hybridized carbons (Fsp3) is 1.00. The summed E-state index contributed by atoms with van der Waals surface area (Å²) < 4.78 is 5.10. The molecule has 0 radical (unpaired) electrons. The molecular formula is C10H22N2O. The highest BCUT2D eigenvalue weighted by Gasteiger charge is 2.22. The lowest BCUT2D eigenvalue weighted by Gasteiger charge is -2.38. The van der Waals surface area contributed by atoms with Crippen molar-refractivity contribution in [2.75, 3.05) is 33.4 Å². The third kappa shape index (κ3) is 3.25. The fourth-order valence-electron chi connectivity index (χ4n) is 1.97. The lowest BCUT2D eigenvalue weighted by molar-refractivity contribution is 0.0942. The van der Waals surface area contributed by atoms with Crippen LogP contribution in [-0.4, -0.2) is 50.3 Å². The number of rotatable bonds is 4. The van der Waals surface area contributed by atoms with Gasteiger partial charge in [-0.05, 0) is 20.3 Å². The molecule has 1 N–H and O–H groups in total. The number of piperazine rings is 1. The molecule has 13 heavy (non-hydrogen) atoms. The first-order valence-corrected chi connectivity index (χ1v) is 5.21. The van der Waals surface area contributed by atoms with E-state index in [1.807, 2.05) is 0 Å². The molecule has 0 saturated carbocycles. The summed E-state index contributed by atoms with van der Waals surface area (Å²) in [5, 5.41) is 3.40. The smallest absolute Gasteiger partial charge is 0.0477 e. The molecule has 3 nitrogen and oxygen atoms in total. The molecule has 1 unspecified atom stereocenters. The summed E-state index contributed by atoms with van der Waals surface area (Å²) in [5.41, 5.74) is 0. The maximum absolute atomic E-state index is 5.10. The highest BCUT2D eigenvalue weighted by molar-refractivity contribution is 4.80. The minimum atomic E-state index is 0.650. The molecule has 1 fully saturated rings. The Balaban J connectivity index is 2.30. The van der Waals surface area contributed by atoms with Crippen molar-refractivity contribution in [3.63, 3.8) is 0 Å². The van der Waals surface area contributed by atoms with Gasteiger partial charge in [-0.1, -0.05) is 0 Å². The predicted molar refractivity (Wildman–Crippen MR) is 55.0 cm³/mol. The minimum absolute atomic E-state index is 0.650. The highest BCUT2D eigenvalue weighted by Crippen LogP contribution is 2.10. The van der Waals surface area contributed by atoms with Crippen molar-refractivity contribution < 1.29 is 4.74 Å². The summed E-state index contributed by atoms with van der Waals surface area (Å²) in [6.45, 7) is 8.87. The third-order valence-electron chi connectivity index (χ3n) is 2.86. The van der Waals surface area contributed by atoms with Gasteiger partial charge in [-0.3, -0.25) is 4.90 Å². The molecule has 0 spiro atoms. The van der Waals surface area contributed by atoms with Crippen molar-refractivity contribution in [1.29, 1.82) is 0 Å². The number of hydrogen-bond acceptors (Lipinski definition) is 3. The van der Waals surface area contributed by atoms with Crippen molar-refractivity contribution in [1.82, 2.24) is 10.2 Å². The average Bonchev–Trinajstić information content (AvgIpc) is 2.15. The van der Waals surface area contributed by atoms with Gasteiger partial charge in [0, 0.05) is 45.4 Å². The van der Waals surface area contributed by atoms with Crippen LogP contribution in [0.1, 0.15) is 20.3 Å². The monoisotopic (exact) mass is 186 g/mol. The van der Waals surface area contributed by atoms with Crippen LogP contribution in [0.4, 0.5) is 0 Å². The van der Waals surface area contributed by atoms with Gasteiger partial charge in [0.15, 0.2) is 0 Å². The van der Waals surface area contributed by atoms with Crippen LogP contribution in [0.15, 0.2) is 0 Å². The first-order valence-electron chi connectivity index (χ1n) is 5.21. The molecule has 0 aromatic rings. The molecule has 1 saturated heterocycles. The van der Waals surface area contributed by atoms with Crippen LogP contribution >= 0.6 is 0 Å². The molecule has 0 aromatic carbocycles. The molecule has 2 atom stereocenters. The van der Waals surface area contributed by atoms with Crippen molar-refractivity contribution in [3.05, 3.63) is 0 Å². The van der Waals surface area contributed by atoms with Gasteiger partial charge in [0.25, 0.3) is 0 Å². The van der Waals surface area contributed by atoms with Crippen LogP contribution in [0.5, 0.6) is 0 Å². The normalized spacial score (nSPS) is 27.5. The largest absolute Gasteiger partial charge is 0.385 e. The van der Waals surface area contributed by atoms with Crippen LogP contribution in [0, 0.1) is 0 Å². The molecule has 3 heteroatoms. The van der Waals surface area contributed by atoms with Crippen molar-refractivity contribution in [2.45, 2.75) is 32.4 Å². The number of methoxy groups -OCH3 is 1. The fourth-order valence-corrected chi connectivity index (χ4v) is 1.97. The second kappa shape index (κ2) is 5.58. The van der Waals surface area contributed by atoms with E-state index >= 15 is 0 Å². The van der Waals surface area contributed by atoms with Gasteiger partial charge in [-0.25, -0.2) is 0 Å². The standard InChI is InChI=1S/C10H22N2O/c1-9(4-7-13-3)12-6-5-11-8-10(12)2/h9-11H,4-8H2,1-3H3/t9?,10-/m0/s1. The summed E-state index contributed by atoms with van der Waals surface area (Å²) in [6.07, 6.45) is 1.14. The predicted octanol–water partition coefficient (Wildman–Crippen LogP) is 0.705. The van der Waals surface area contributed by atoms with E-state index < -0.39 is 0 Å². The van der Waals surface area contributed by atoms with E-state index in [4.69, 9.17) is 4.74 Å². The van der Waals surface area contributed by atoms with Crippen molar-refractivity contribution in [3.8, 4) is 0 Å². The Hall–Kier alpha value is -0.120. The Morgan fingerprint density at radius 1 is 1.62 bits per heavy atom. The zero-order valence-corrected chi connectivity index (χ0v) is 9.05. The van der Waals surface area contributed by atoms with Gasteiger partial charge in [0.1, 0.15) is 0 Å². The number of nitrogens with one attached hydrogen (secondary N) is 1. The topological polar surface area (TPSA) is 24.5 Å². The summed E-state index contributed by atoms with van der Waals surface area (Å²) in [4.78, 5) is 2.57. The second-order valence-corrected chi connectivity index (χ2v) is 3.92. The van der Waals surface area contributed by atoms with Crippen LogP contribution in [0.3, 0.4) is 0 Å². The summed E-state index contributed by atoms with van der Waals surface area (Å²) in [7, 11) is 1.77. The van der Waals surface area contributed by atoms with Crippen LogP contribution in [0.25, 0.3) is 0 Å². The van der Waals surface area contributed by atoms with E-state index in [9.17, 15) is 0 Å². The van der Waals surface area contributed by atoms with E-state index in [0.29, 0.717) is 12.1 Å². The summed E-state index contributed by atoms with van der Waals surface area (Å²) in [5.74, 6) is 0. The molecule has 1 rings (SSSR count). The number of nitrogens with zero attached hydrogens (tertiary/aromatic N) is 1. The first-order chi connectivity index (χ1) is 6.25. The van der Waals surface area contributed by atoms with Gasteiger partial charge in [0.2, 0.25) is 0 Å². The van der Waals surface area contributed by atoms with E-state index in [0.717, 1.165) is 26.1 Å². The van der Waals surface area contributed by atoms with Gasteiger partial charge in [0.05, 0.1) is 0 Å². The van der Waals surface area contributed by atoms with Gasteiger partial charge in [-0.15, -0.1) is 0 Å². The van der Waals surface area contributed by atoms with Crippen LogP contribution in [-0.2, 0) is 4.74 Å². The van der Waals surface area contributed by atoms with Crippen LogP contribution in [0.2, 0.25) is 0 Å². The number of ether oxygens (including phenoxy) is 1. The molecule has 1 heterocycles. The third-order valence-corrected chi connectivity index (χ3v) is 2.86. The minimum Gasteiger partial charge on any atom is -0.385 e. The molecule has 0 aromatic heterocycles. The quantitative estimate of drug-likeness (QED) is 0.699. The highest BCUT2D eigenvalue weighted by atomic mass is 16.5. The Morgan fingerprint density at radius 2 is 2.38 bits per heavy atom. The average molecular weight is 186 g/mol. The van der Waals surface area contributed by atoms with Gasteiger partial charge in [-0.2, -0.15) is 0 Å². The van der Waals surface area contributed by atoms with Crippen molar-refractivity contribution in [2.24, 2.45) is 0 Å². The Labute approximate surface area is 81.4 Å². The molecule has 1 aliphatic rings. The van der Waals surface area contributed by atoms with E-state index in [1.54, 1.807) is 7.11 Å². The van der Waals surface area contributed by atoms with E-state index in [1.165, 1.54) is 6.54 Å². The zero-order chi connectivity index (χ0) is 9.68. The second-order valence-electron chi connectivity index (χ2n) is 3.92. The molecule has 0 aliphatic carbocycles. The van der Waals surface area contributed by atoms with Crippen LogP contribution < -0.4 is 5.32 Å². The van der Waals surface area contributed by atoms with Gasteiger partial charge >= 0.3 is 0 Å². The lowest BCUT2D eigenvalue weighted by Crippen LogP contribution is -2.53. The first kappa shape index (κ1) is 11.0. The SMILES string of the molecule is COCCC(C)N1CCNC[C@@H]1C. The lowest BCUT2D eigenvalue weighted by atomic mass is 10.1. The Morgan fingerprint density at radius 3 is 3.00 bits per heavy atom. The summed E-state index contributed by atoms with van der Waals surface area (Å²) in [6, 6.07) is 1.32. The maximum Gasteiger partial charge on any atom is 0.0477 e. The molecule has 0 bridgehead atoms. The van der Waals surface area contributed by atoms with Crippen molar-refractivity contribution >= 4 is 0 Å².